The van der Waals surface area contributed by atoms with Crippen LogP contribution in [-0.4, -0.2) is 19.4 Å². The molecule has 0 saturated carbocycles. The predicted molar refractivity (Wildman–Crippen MR) is 56.9 cm³/mol. The predicted octanol–water partition coefficient (Wildman–Crippen LogP) is 1.91. The average molecular weight is 206 g/mol. The van der Waals surface area contributed by atoms with Crippen LogP contribution in [-0.2, 0) is 16.0 Å². The van der Waals surface area contributed by atoms with Gasteiger partial charge in [-0.25, -0.2) is 4.79 Å². The van der Waals surface area contributed by atoms with Gasteiger partial charge in [0.05, 0.1) is 12.7 Å². The summed E-state index contributed by atoms with van der Waals surface area (Å²) in [5.74, 6) is -0.348. The smallest absolute Gasteiger partial charge is 0.338 e. The zero-order valence-corrected chi connectivity index (χ0v) is 8.95. The number of aldehydes is 1. The van der Waals surface area contributed by atoms with Crippen molar-refractivity contribution in [2.45, 2.75) is 19.8 Å². The molecule has 3 heteroatoms. The minimum atomic E-state index is -0.348. The van der Waals surface area contributed by atoms with Gasteiger partial charge >= 0.3 is 5.97 Å². The highest BCUT2D eigenvalue weighted by Gasteiger charge is 2.12. The molecule has 0 aliphatic rings. The monoisotopic (exact) mass is 206 g/mol. The van der Waals surface area contributed by atoms with Gasteiger partial charge in [0.2, 0.25) is 0 Å². The van der Waals surface area contributed by atoms with Crippen LogP contribution in [0.2, 0.25) is 0 Å². The standard InChI is InChI=1S/C12H14O3/c1-9-5-3-6-11(12(14)15-2)10(9)7-4-8-13/h3,5-6,8H,4,7H2,1-2H3. The van der Waals surface area contributed by atoms with Gasteiger partial charge in [0.1, 0.15) is 6.29 Å². The highest BCUT2D eigenvalue weighted by Crippen LogP contribution is 2.16. The summed E-state index contributed by atoms with van der Waals surface area (Å²) in [6, 6.07) is 5.46. The maximum atomic E-state index is 11.4. The number of aryl methyl sites for hydroxylation is 1. The molecule has 1 aromatic carbocycles. The van der Waals surface area contributed by atoms with Crippen LogP contribution in [0.1, 0.15) is 27.9 Å². The summed E-state index contributed by atoms with van der Waals surface area (Å²) in [5, 5.41) is 0. The van der Waals surface area contributed by atoms with Crippen molar-refractivity contribution in [2.24, 2.45) is 0 Å². The Labute approximate surface area is 89.1 Å². The molecule has 0 bridgehead atoms. The molecule has 0 aliphatic carbocycles. The van der Waals surface area contributed by atoms with Crippen LogP contribution in [0.15, 0.2) is 18.2 Å². The van der Waals surface area contributed by atoms with E-state index in [1.165, 1.54) is 7.11 Å². The number of hydrogen-bond acceptors (Lipinski definition) is 3. The molecule has 0 heterocycles. The van der Waals surface area contributed by atoms with E-state index in [4.69, 9.17) is 0 Å². The highest BCUT2D eigenvalue weighted by atomic mass is 16.5. The third kappa shape index (κ3) is 2.65. The first-order valence-electron chi connectivity index (χ1n) is 4.81. The SMILES string of the molecule is COC(=O)c1cccc(C)c1CCC=O. The lowest BCUT2D eigenvalue weighted by molar-refractivity contribution is -0.107. The van der Waals surface area contributed by atoms with Crippen molar-refractivity contribution in [1.82, 2.24) is 0 Å². The lowest BCUT2D eigenvalue weighted by atomic mass is 9.98. The minimum absolute atomic E-state index is 0.348. The van der Waals surface area contributed by atoms with E-state index in [1.54, 1.807) is 6.07 Å². The minimum Gasteiger partial charge on any atom is -0.465 e. The summed E-state index contributed by atoms with van der Waals surface area (Å²) >= 11 is 0. The molecule has 0 amide bonds. The number of benzene rings is 1. The van der Waals surface area contributed by atoms with E-state index in [-0.39, 0.29) is 5.97 Å². The molecular weight excluding hydrogens is 192 g/mol. The number of hydrogen-bond donors (Lipinski definition) is 0. The molecule has 0 unspecified atom stereocenters. The van der Waals surface area contributed by atoms with Crippen LogP contribution in [0.3, 0.4) is 0 Å². The second kappa shape index (κ2) is 5.29. The first-order valence-corrected chi connectivity index (χ1v) is 4.81. The second-order valence-electron chi connectivity index (χ2n) is 3.30. The molecule has 0 spiro atoms. The normalized spacial score (nSPS) is 9.73. The topological polar surface area (TPSA) is 43.4 Å². The summed E-state index contributed by atoms with van der Waals surface area (Å²) < 4.78 is 4.68. The van der Waals surface area contributed by atoms with Crippen molar-refractivity contribution in [3.05, 3.63) is 34.9 Å². The maximum Gasteiger partial charge on any atom is 0.338 e. The molecule has 0 atom stereocenters. The summed E-state index contributed by atoms with van der Waals surface area (Å²) in [6.07, 6.45) is 1.86. The first kappa shape index (κ1) is 11.4. The van der Waals surface area contributed by atoms with Crippen LogP contribution in [0, 0.1) is 6.92 Å². The van der Waals surface area contributed by atoms with Gasteiger partial charge in [-0.05, 0) is 30.5 Å². The number of esters is 1. The van der Waals surface area contributed by atoms with Gasteiger partial charge in [0.25, 0.3) is 0 Å². The zero-order valence-electron chi connectivity index (χ0n) is 8.95. The quantitative estimate of drug-likeness (QED) is 0.558. The van der Waals surface area contributed by atoms with Crippen LogP contribution in [0.25, 0.3) is 0 Å². The first-order chi connectivity index (χ1) is 7.20. The number of carbonyl (C=O) groups excluding carboxylic acids is 2. The Bertz CT molecular complexity index is 369. The molecule has 0 aromatic heterocycles. The van der Waals surface area contributed by atoms with Crippen LogP contribution in [0.5, 0.6) is 0 Å². The Hall–Kier alpha value is -1.64. The van der Waals surface area contributed by atoms with Gasteiger partial charge in [-0.15, -0.1) is 0 Å². The fourth-order valence-electron chi connectivity index (χ4n) is 1.54. The fraction of sp³-hybridized carbons (Fsp3) is 0.333. The van der Waals surface area contributed by atoms with Crippen molar-refractivity contribution in [1.29, 1.82) is 0 Å². The van der Waals surface area contributed by atoms with Gasteiger partial charge in [-0.2, -0.15) is 0 Å². The molecule has 0 saturated heterocycles. The number of methoxy groups -OCH3 is 1. The Morgan fingerprint density at radius 1 is 1.47 bits per heavy atom. The maximum absolute atomic E-state index is 11.4. The molecular formula is C12H14O3. The largest absolute Gasteiger partial charge is 0.465 e. The summed E-state index contributed by atoms with van der Waals surface area (Å²) in [6.45, 7) is 1.92. The molecule has 0 N–H and O–H groups in total. The molecule has 15 heavy (non-hydrogen) atoms. The Morgan fingerprint density at radius 2 is 2.20 bits per heavy atom. The van der Waals surface area contributed by atoms with Crippen LogP contribution in [0.4, 0.5) is 0 Å². The second-order valence-corrected chi connectivity index (χ2v) is 3.30. The van der Waals surface area contributed by atoms with Gasteiger partial charge in [-0.3, -0.25) is 0 Å². The lowest BCUT2D eigenvalue weighted by Crippen LogP contribution is -2.07. The fourth-order valence-corrected chi connectivity index (χ4v) is 1.54. The van der Waals surface area contributed by atoms with Crippen molar-refractivity contribution >= 4 is 12.3 Å². The molecule has 0 radical (unpaired) electrons. The van der Waals surface area contributed by atoms with E-state index in [9.17, 15) is 9.59 Å². The molecule has 80 valence electrons. The van der Waals surface area contributed by atoms with E-state index < -0.39 is 0 Å². The van der Waals surface area contributed by atoms with E-state index in [0.29, 0.717) is 18.4 Å². The molecule has 3 nitrogen and oxygen atoms in total. The van der Waals surface area contributed by atoms with Gasteiger partial charge in [0.15, 0.2) is 0 Å². The van der Waals surface area contributed by atoms with E-state index in [0.717, 1.165) is 17.4 Å². The molecule has 1 rings (SSSR count). The summed E-state index contributed by atoms with van der Waals surface area (Å²) in [4.78, 5) is 21.8. The Balaban J connectivity index is 3.07. The number of rotatable bonds is 4. The van der Waals surface area contributed by atoms with E-state index >= 15 is 0 Å². The van der Waals surface area contributed by atoms with Gasteiger partial charge in [-0.1, -0.05) is 12.1 Å². The summed E-state index contributed by atoms with van der Waals surface area (Å²) in [5.41, 5.74) is 2.47. The van der Waals surface area contributed by atoms with E-state index in [2.05, 4.69) is 4.74 Å². The average Bonchev–Trinajstić information content (AvgIpc) is 2.26. The Morgan fingerprint density at radius 3 is 2.80 bits per heavy atom. The van der Waals surface area contributed by atoms with Crippen LogP contribution < -0.4 is 0 Å². The van der Waals surface area contributed by atoms with Crippen molar-refractivity contribution in [3.8, 4) is 0 Å². The third-order valence-corrected chi connectivity index (χ3v) is 2.33. The Kier molecular flexibility index (Phi) is 4.03. The molecule has 0 fully saturated rings. The van der Waals surface area contributed by atoms with Crippen molar-refractivity contribution < 1.29 is 14.3 Å². The highest BCUT2D eigenvalue weighted by molar-refractivity contribution is 5.91. The molecule has 1 aromatic rings. The van der Waals surface area contributed by atoms with Crippen molar-refractivity contribution in [2.75, 3.05) is 7.11 Å². The number of ether oxygens (including phenoxy) is 1. The lowest BCUT2D eigenvalue weighted by Gasteiger charge is -2.09. The van der Waals surface area contributed by atoms with Crippen molar-refractivity contribution in [3.63, 3.8) is 0 Å². The van der Waals surface area contributed by atoms with Gasteiger partial charge in [0, 0.05) is 6.42 Å². The molecule has 0 aliphatic heterocycles. The van der Waals surface area contributed by atoms with Gasteiger partial charge < -0.3 is 9.53 Å². The van der Waals surface area contributed by atoms with Crippen LogP contribution >= 0.6 is 0 Å². The third-order valence-electron chi connectivity index (χ3n) is 2.33. The zero-order chi connectivity index (χ0) is 11.3. The number of carbonyl (C=O) groups is 2. The van der Waals surface area contributed by atoms with E-state index in [1.807, 2.05) is 19.1 Å². The summed E-state index contributed by atoms with van der Waals surface area (Å²) in [7, 11) is 1.36.